The van der Waals surface area contributed by atoms with E-state index >= 15 is 0 Å². The molecule has 3 aliphatic heterocycles. The third-order valence-electron chi connectivity index (χ3n) is 9.55. The number of ether oxygens (including phenoxy) is 4. The number of hydrogen-bond donors (Lipinski definition) is 4. The number of aromatic nitrogens is 1. The van der Waals surface area contributed by atoms with Crippen molar-refractivity contribution in [3.63, 3.8) is 0 Å². The Morgan fingerprint density at radius 1 is 1.00 bits per heavy atom. The number of benzene rings is 2. The number of carbonyl (C=O) groups excluding carboxylic acids is 2. The number of fused-ring (bicyclic) bond motifs is 1. The molecule has 4 heterocycles. The number of epoxide rings is 1. The molecular formula is C38H46F3N5O7. The summed E-state index contributed by atoms with van der Waals surface area (Å²) in [6.07, 6.45) is -8.22. The molecule has 0 bridgehead atoms. The maximum absolute atomic E-state index is 13.9. The number of nitrogens with zero attached hydrogens (tertiary/aromatic N) is 2. The molecule has 3 aliphatic rings. The van der Waals surface area contributed by atoms with Gasteiger partial charge in [0.1, 0.15) is 12.3 Å². The fourth-order valence-corrected chi connectivity index (χ4v) is 6.65. The van der Waals surface area contributed by atoms with Crippen molar-refractivity contribution < 1.29 is 46.8 Å². The van der Waals surface area contributed by atoms with Crippen LogP contribution in [0.4, 0.5) is 18.0 Å². The maximum Gasteiger partial charge on any atom is 0.418 e. The van der Waals surface area contributed by atoms with Crippen LogP contribution in [-0.2, 0) is 36.7 Å². The summed E-state index contributed by atoms with van der Waals surface area (Å²) in [6, 6.07) is 20.4. The number of nitrogens with one attached hydrogen (secondary N) is 3. The Morgan fingerprint density at radius 3 is 2.40 bits per heavy atom. The quantitative estimate of drug-likeness (QED) is 0.139. The molecule has 6 rings (SSSR count). The minimum atomic E-state index is -4.58. The fraction of sp³-hybridized carbons (Fsp3) is 0.500. The predicted octanol–water partition coefficient (Wildman–Crippen LogP) is 4.33. The van der Waals surface area contributed by atoms with Crippen LogP contribution in [0.1, 0.15) is 38.3 Å². The van der Waals surface area contributed by atoms with Crippen molar-refractivity contribution in [2.24, 2.45) is 11.3 Å². The molecule has 3 saturated heterocycles. The number of hydrazine groups is 1. The molecule has 2 amide bonds. The summed E-state index contributed by atoms with van der Waals surface area (Å²) in [4.78, 5) is 31.6. The van der Waals surface area contributed by atoms with Crippen molar-refractivity contribution in [3.8, 4) is 11.3 Å². The van der Waals surface area contributed by atoms with E-state index in [0.29, 0.717) is 13.0 Å². The second-order valence-corrected chi connectivity index (χ2v) is 14.7. The number of halogens is 3. The Hall–Kier alpha value is -4.12. The first-order valence-electron chi connectivity index (χ1n) is 17.7. The van der Waals surface area contributed by atoms with Gasteiger partial charge < -0.3 is 29.4 Å². The molecule has 2 aromatic carbocycles. The molecule has 3 fully saturated rings. The number of hydrogen-bond acceptors (Lipinski definition) is 10. The zero-order valence-corrected chi connectivity index (χ0v) is 29.8. The molecule has 8 atom stereocenters. The normalized spacial score (nSPS) is 24.3. The molecule has 3 aromatic rings. The van der Waals surface area contributed by atoms with Crippen molar-refractivity contribution in [2.45, 2.75) is 89.2 Å². The highest BCUT2D eigenvalue weighted by Gasteiger charge is 2.59. The molecule has 0 saturated carbocycles. The van der Waals surface area contributed by atoms with E-state index in [2.05, 4.69) is 21.0 Å². The number of aliphatic hydroxyl groups is 1. The SMILES string of the molecule is CC(C)(C)C(NC1OC1C(F)(F)F)C(=O)NN(Cc1ccc(-c2ccccn2)cc1)CC(O)C(Cc1ccccc1)NC(=O)OC1COC2OCCC12. The van der Waals surface area contributed by atoms with Gasteiger partial charge in [-0.3, -0.25) is 20.5 Å². The van der Waals surface area contributed by atoms with E-state index in [0.717, 1.165) is 22.4 Å². The van der Waals surface area contributed by atoms with Gasteiger partial charge in [0.2, 0.25) is 0 Å². The van der Waals surface area contributed by atoms with Crippen LogP contribution in [0, 0.1) is 11.3 Å². The van der Waals surface area contributed by atoms with E-state index in [4.69, 9.17) is 18.9 Å². The van der Waals surface area contributed by atoms with Crippen LogP contribution in [0.3, 0.4) is 0 Å². The highest BCUT2D eigenvalue weighted by atomic mass is 19.4. The largest absolute Gasteiger partial charge is 0.443 e. The molecule has 12 nitrogen and oxygen atoms in total. The average Bonchev–Trinajstić information content (AvgIpc) is 3.61. The van der Waals surface area contributed by atoms with Gasteiger partial charge >= 0.3 is 12.3 Å². The van der Waals surface area contributed by atoms with Crippen molar-refractivity contribution in [3.05, 3.63) is 90.1 Å². The van der Waals surface area contributed by atoms with Gasteiger partial charge in [-0.1, -0.05) is 81.4 Å². The third-order valence-corrected chi connectivity index (χ3v) is 9.55. The van der Waals surface area contributed by atoms with Crippen LogP contribution >= 0.6 is 0 Å². The zero-order valence-electron chi connectivity index (χ0n) is 29.8. The van der Waals surface area contributed by atoms with Gasteiger partial charge in [-0.25, -0.2) is 9.80 Å². The number of carbonyl (C=O) groups is 2. The van der Waals surface area contributed by atoms with Crippen LogP contribution in [-0.4, -0.2) is 95.9 Å². The summed E-state index contributed by atoms with van der Waals surface area (Å²) >= 11 is 0. The molecule has 0 spiro atoms. The summed E-state index contributed by atoms with van der Waals surface area (Å²) in [5, 5.41) is 18.8. The lowest BCUT2D eigenvalue weighted by atomic mass is 9.86. The van der Waals surface area contributed by atoms with Crippen LogP contribution in [0.15, 0.2) is 79.0 Å². The Bertz CT molecular complexity index is 1660. The van der Waals surface area contributed by atoms with Gasteiger partial charge in [-0.2, -0.15) is 13.2 Å². The Morgan fingerprint density at radius 2 is 1.74 bits per heavy atom. The lowest BCUT2D eigenvalue weighted by Gasteiger charge is -2.34. The van der Waals surface area contributed by atoms with Crippen LogP contribution in [0.25, 0.3) is 11.3 Å². The van der Waals surface area contributed by atoms with Crippen molar-refractivity contribution in [2.75, 3.05) is 19.8 Å². The van der Waals surface area contributed by atoms with Crippen molar-refractivity contribution >= 4 is 12.0 Å². The van der Waals surface area contributed by atoms with E-state index in [-0.39, 0.29) is 32.0 Å². The van der Waals surface area contributed by atoms with Gasteiger partial charge in [0.05, 0.1) is 43.0 Å². The first kappa shape index (κ1) is 38.6. The highest BCUT2D eigenvalue weighted by molar-refractivity contribution is 5.82. The summed E-state index contributed by atoms with van der Waals surface area (Å²) in [6.45, 7) is 5.84. The number of alkyl halides is 3. The van der Waals surface area contributed by atoms with Crippen molar-refractivity contribution in [1.82, 2.24) is 26.1 Å². The molecule has 53 heavy (non-hydrogen) atoms. The minimum Gasteiger partial charge on any atom is -0.443 e. The number of amides is 2. The van der Waals surface area contributed by atoms with Crippen LogP contribution < -0.4 is 16.1 Å². The number of rotatable bonds is 14. The molecule has 8 unspecified atom stereocenters. The Labute approximate surface area is 306 Å². The number of alkyl carbamates (subject to hydrolysis) is 1. The Balaban J connectivity index is 1.20. The van der Waals surface area contributed by atoms with Crippen molar-refractivity contribution in [1.29, 1.82) is 0 Å². The van der Waals surface area contributed by atoms with Gasteiger partial charge in [0.25, 0.3) is 5.91 Å². The molecule has 15 heteroatoms. The van der Waals surface area contributed by atoms with Gasteiger partial charge in [0, 0.05) is 24.8 Å². The van der Waals surface area contributed by atoms with E-state index in [1.807, 2.05) is 72.8 Å². The first-order valence-corrected chi connectivity index (χ1v) is 17.7. The van der Waals surface area contributed by atoms with E-state index in [1.165, 1.54) is 5.01 Å². The summed E-state index contributed by atoms with van der Waals surface area (Å²) in [5.41, 5.74) is 5.27. The highest BCUT2D eigenvalue weighted by Crippen LogP contribution is 2.37. The smallest absolute Gasteiger partial charge is 0.418 e. The zero-order chi connectivity index (χ0) is 37.8. The minimum absolute atomic E-state index is 0.0789. The summed E-state index contributed by atoms with van der Waals surface area (Å²) in [7, 11) is 0. The summed E-state index contributed by atoms with van der Waals surface area (Å²) in [5.74, 6) is -0.697. The van der Waals surface area contributed by atoms with Crippen LogP contribution in [0.2, 0.25) is 0 Å². The van der Waals surface area contributed by atoms with Gasteiger partial charge in [-0.05, 0) is 41.5 Å². The predicted molar refractivity (Wildman–Crippen MR) is 186 cm³/mol. The topological polar surface area (TPSA) is 147 Å². The molecule has 286 valence electrons. The fourth-order valence-electron chi connectivity index (χ4n) is 6.65. The van der Waals surface area contributed by atoms with E-state index < -0.39 is 66.5 Å². The van der Waals surface area contributed by atoms with Gasteiger partial charge in [0.15, 0.2) is 12.4 Å². The van der Waals surface area contributed by atoms with E-state index in [1.54, 1.807) is 27.0 Å². The first-order chi connectivity index (χ1) is 25.2. The molecule has 0 aliphatic carbocycles. The maximum atomic E-state index is 13.9. The lowest BCUT2D eigenvalue weighted by molar-refractivity contribution is -0.146. The lowest BCUT2D eigenvalue weighted by Crippen LogP contribution is -2.59. The molecular weight excluding hydrogens is 695 g/mol. The van der Waals surface area contributed by atoms with Crippen LogP contribution in [0.5, 0.6) is 0 Å². The molecule has 0 radical (unpaired) electrons. The van der Waals surface area contributed by atoms with Gasteiger partial charge in [-0.15, -0.1) is 0 Å². The summed E-state index contributed by atoms with van der Waals surface area (Å²) < 4.78 is 61.7. The average molecular weight is 742 g/mol. The standard InChI is InChI=1S/C38H46F3N5O7/c1-37(2,3)31(44-34-32(53-34)38(39,40)41)33(48)45-46(20-24-12-14-25(15-13-24)27-11-7-8-17-42-27)21-29(47)28(19-23-9-5-4-6-10-23)43-36(49)52-30-22-51-35-26(30)16-18-50-35/h4-15,17,26,28-32,34-35,44,47H,16,18-22H2,1-3H3,(H,43,49)(H,45,48). The second-order valence-electron chi connectivity index (χ2n) is 14.7. The molecule has 4 N–H and O–H groups in total. The number of pyridine rings is 1. The van der Waals surface area contributed by atoms with E-state index in [9.17, 15) is 27.9 Å². The monoisotopic (exact) mass is 741 g/mol. The molecule has 1 aromatic heterocycles. The Kier molecular flexibility index (Phi) is 12.0. The number of aliphatic hydroxyl groups excluding tert-OH is 1. The second kappa shape index (κ2) is 16.5. The third kappa shape index (κ3) is 10.3.